The lowest BCUT2D eigenvalue weighted by Gasteiger charge is -2.60. The van der Waals surface area contributed by atoms with Crippen LogP contribution in [0.2, 0.25) is 0 Å². The third-order valence-corrected chi connectivity index (χ3v) is 9.51. The van der Waals surface area contributed by atoms with Gasteiger partial charge in [-0.2, -0.15) is 0 Å². The first-order chi connectivity index (χ1) is 13.9. The molecule has 3 saturated carbocycles. The standard InChI is InChI=1S/C26H34O3/c1-25-12-10-18(27)14-17(25)15-20(16-4-6-19(29-3)7-5-16)24-21-8-9-23(28)26(21,2)13-11-22(24)25/h4-7,14,20-24,28H,8-13,15H2,1-3H3/t20?,21-,22-,23-,24-,25-,26-/m0/s1. The lowest BCUT2D eigenvalue weighted by Crippen LogP contribution is -2.53. The minimum Gasteiger partial charge on any atom is -0.497 e. The summed E-state index contributed by atoms with van der Waals surface area (Å²) in [6.07, 6.45) is 8.88. The second-order valence-corrected chi connectivity index (χ2v) is 10.6. The van der Waals surface area contributed by atoms with Crippen LogP contribution in [0.1, 0.15) is 70.3 Å². The summed E-state index contributed by atoms with van der Waals surface area (Å²) in [5, 5.41) is 10.9. The average Bonchev–Trinajstić information content (AvgIpc) is 3.03. The molecule has 1 aromatic carbocycles. The molecular weight excluding hydrogens is 360 g/mol. The largest absolute Gasteiger partial charge is 0.497 e. The number of ether oxygens (including phenoxy) is 1. The first-order valence-corrected chi connectivity index (χ1v) is 11.4. The molecule has 0 aromatic heterocycles. The molecule has 3 heteroatoms. The van der Waals surface area contributed by atoms with Crippen LogP contribution < -0.4 is 4.74 Å². The fourth-order valence-corrected chi connectivity index (χ4v) is 7.73. The Morgan fingerprint density at radius 3 is 2.52 bits per heavy atom. The summed E-state index contributed by atoms with van der Waals surface area (Å²) < 4.78 is 5.39. The monoisotopic (exact) mass is 394 g/mol. The molecule has 0 radical (unpaired) electrons. The predicted molar refractivity (Wildman–Crippen MR) is 114 cm³/mol. The minimum atomic E-state index is -0.164. The molecule has 0 aliphatic heterocycles. The average molecular weight is 395 g/mol. The number of carbonyl (C=O) groups excluding carboxylic acids is 1. The van der Waals surface area contributed by atoms with E-state index in [1.54, 1.807) is 7.11 Å². The Morgan fingerprint density at radius 1 is 1.03 bits per heavy atom. The van der Waals surface area contributed by atoms with Crippen molar-refractivity contribution in [3.05, 3.63) is 41.5 Å². The maximum absolute atomic E-state index is 12.3. The number of aliphatic hydroxyl groups is 1. The highest BCUT2D eigenvalue weighted by Gasteiger charge is 2.61. The molecule has 0 saturated heterocycles. The third kappa shape index (κ3) is 2.76. The van der Waals surface area contributed by atoms with Crippen molar-refractivity contribution in [3.8, 4) is 5.75 Å². The zero-order valence-corrected chi connectivity index (χ0v) is 18.0. The lowest BCUT2D eigenvalue weighted by atomic mass is 9.44. The normalized spacial score (nSPS) is 43.8. The van der Waals surface area contributed by atoms with E-state index >= 15 is 0 Å². The van der Waals surface area contributed by atoms with Gasteiger partial charge in [-0.1, -0.05) is 31.6 Å². The first kappa shape index (κ1) is 19.4. The summed E-state index contributed by atoms with van der Waals surface area (Å²) in [5.74, 6) is 3.37. The van der Waals surface area contributed by atoms with Crippen molar-refractivity contribution in [1.82, 2.24) is 0 Å². The van der Waals surface area contributed by atoms with E-state index in [9.17, 15) is 9.90 Å². The maximum Gasteiger partial charge on any atom is 0.155 e. The van der Waals surface area contributed by atoms with Crippen LogP contribution in [0, 0.1) is 28.6 Å². The number of hydrogen-bond acceptors (Lipinski definition) is 3. The van der Waals surface area contributed by atoms with Gasteiger partial charge in [-0.05, 0) is 96.8 Å². The van der Waals surface area contributed by atoms with Gasteiger partial charge < -0.3 is 9.84 Å². The highest BCUT2D eigenvalue weighted by atomic mass is 16.5. The molecule has 3 fully saturated rings. The van der Waals surface area contributed by atoms with Crippen molar-refractivity contribution in [2.24, 2.45) is 28.6 Å². The Bertz CT molecular complexity index is 840. The lowest BCUT2D eigenvalue weighted by molar-refractivity contribution is -0.118. The van der Waals surface area contributed by atoms with Gasteiger partial charge >= 0.3 is 0 Å². The summed E-state index contributed by atoms with van der Waals surface area (Å²) in [7, 11) is 1.71. The van der Waals surface area contributed by atoms with Gasteiger partial charge in [-0.15, -0.1) is 0 Å². The van der Waals surface area contributed by atoms with E-state index < -0.39 is 0 Å². The number of benzene rings is 1. The highest BCUT2D eigenvalue weighted by molar-refractivity contribution is 5.91. The van der Waals surface area contributed by atoms with Crippen molar-refractivity contribution < 1.29 is 14.6 Å². The molecular formula is C26H34O3. The van der Waals surface area contributed by atoms with E-state index in [4.69, 9.17) is 4.74 Å². The van der Waals surface area contributed by atoms with Gasteiger partial charge in [0.05, 0.1) is 13.2 Å². The fourth-order valence-electron chi connectivity index (χ4n) is 7.73. The van der Waals surface area contributed by atoms with E-state index in [1.807, 2.05) is 6.08 Å². The summed E-state index contributed by atoms with van der Waals surface area (Å²) in [5.41, 5.74) is 2.95. The van der Waals surface area contributed by atoms with Gasteiger partial charge in [0.2, 0.25) is 0 Å². The highest BCUT2D eigenvalue weighted by Crippen LogP contribution is 2.68. The van der Waals surface area contributed by atoms with Crippen molar-refractivity contribution in [3.63, 3.8) is 0 Å². The van der Waals surface area contributed by atoms with Gasteiger partial charge in [0.1, 0.15) is 5.75 Å². The Labute approximate surface area is 174 Å². The van der Waals surface area contributed by atoms with Crippen LogP contribution in [0.25, 0.3) is 0 Å². The molecule has 1 aromatic rings. The van der Waals surface area contributed by atoms with Crippen LogP contribution in [0.4, 0.5) is 0 Å². The SMILES string of the molecule is COc1ccc(C2CC3=CC(=O)CC[C@]3(C)[C@H]3CC[C@]4(C)[C@@H](O)CC[C@H]4[C@H]23)cc1. The molecule has 1 unspecified atom stereocenters. The van der Waals surface area contributed by atoms with Crippen LogP contribution in [0.15, 0.2) is 35.9 Å². The number of methoxy groups -OCH3 is 1. The summed E-state index contributed by atoms with van der Waals surface area (Å²) in [4.78, 5) is 12.3. The topological polar surface area (TPSA) is 46.5 Å². The number of rotatable bonds is 2. The van der Waals surface area contributed by atoms with Gasteiger partial charge in [0, 0.05) is 6.42 Å². The minimum absolute atomic E-state index is 0.0496. The molecule has 156 valence electrons. The fraction of sp³-hybridized carbons (Fsp3) is 0.654. The second-order valence-electron chi connectivity index (χ2n) is 10.6. The summed E-state index contributed by atoms with van der Waals surface area (Å²) >= 11 is 0. The molecule has 3 nitrogen and oxygen atoms in total. The van der Waals surface area contributed by atoms with E-state index in [1.165, 1.54) is 17.6 Å². The molecule has 29 heavy (non-hydrogen) atoms. The Hall–Kier alpha value is -1.61. The number of carbonyl (C=O) groups is 1. The number of ketones is 1. The summed E-state index contributed by atoms with van der Waals surface area (Å²) in [6, 6.07) is 8.60. The van der Waals surface area contributed by atoms with E-state index in [-0.39, 0.29) is 16.9 Å². The maximum atomic E-state index is 12.3. The molecule has 5 rings (SSSR count). The number of allylic oxidation sites excluding steroid dienone is 1. The molecule has 0 spiro atoms. The van der Waals surface area contributed by atoms with Crippen LogP contribution in [-0.4, -0.2) is 24.1 Å². The van der Waals surface area contributed by atoms with Crippen LogP contribution in [0.5, 0.6) is 5.75 Å². The number of hydrogen-bond donors (Lipinski definition) is 1. The predicted octanol–water partition coefficient (Wildman–Crippen LogP) is 5.28. The van der Waals surface area contributed by atoms with Gasteiger partial charge in [-0.25, -0.2) is 0 Å². The molecule has 0 amide bonds. The van der Waals surface area contributed by atoms with Gasteiger partial charge in [0.15, 0.2) is 5.78 Å². The summed E-state index contributed by atoms with van der Waals surface area (Å²) in [6.45, 7) is 4.77. The Balaban J connectivity index is 1.61. The van der Waals surface area contributed by atoms with E-state index in [2.05, 4.69) is 38.1 Å². The Kier molecular flexibility index (Phi) is 4.47. The number of aliphatic hydroxyl groups excluding tert-OH is 1. The smallest absolute Gasteiger partial charge is 0.155 e. The first-order valence-electron chi connectivity index (χ1n) is 11.4. The molecule has 4 aliphatic carbocycles. The van der Waals surface area contributed by atoms with E-state index in [0.717, 1.165) is 37.9 Å². The van der Waals surface area contributed by atoms with Gasteiger partial charge in [-0.3, -0.25) is 4.79 Å². The molecule has 4 aliphatic rings. The zero-order valence-electron chi connectivity index (χ0n) is 18.0. The molecule has 0 heterocycles. The third-order valence-electron chi connectivity index (χ3n) is 9.51. The molecule has 1 N–H and O–H groups in total. The van der Waals surface area contributed by atoms with Crippen LogP contribution in [0.3, 0.4) is 0 Å². The van der Waals surface area contributed by atoms with E-state index in [0.29, 0.717) is 35.9 Å². The van der Waals surface area contributed by atoms with Crippen molar-refractivity contribution in [2.75, 3.05) is 7.11 Å². The van der Waals surface area contributed by atoms with Crippen molar-refractivity contribution in [2.45, 2.75) is 70.8 Å². The zero-order chi connectivity index (χ0) is 20.4. The van der Waals surface area contributed by atoms with Crippen molar-refractivity contribution >= 4 is 5.78 Å². The second kappa shape index (κ2) is 6.70. The number of fused-ring (bicyclic) bond motifs is 5. The van der Waals surface area contributed by atoms with Gasteiger partial charge in [0.25, 0.3) is 0 Å². The Morgan fingerprint density at radius 2 is 1.79 bits per heavy atom. The van der Waals surface area contributed by atoms with Crippen LogP contribution in [-0.2, 0) is 4.79 Å². The van der Waals surface area contributed by atoms with Crippen LogP contribution >= 0.6 is 0 Å². The quantitative estimate of drug-likeness (QED) is 0.742. The molecule has 7 atom stereocenters. The van der Waals surface area contributed by atoms with Crippen molar-refractivity contribution in [1.29, 1.82) is 0 Å². The molecule has 0 bridgehead atoms.